The maximum absolute atomic E-state index is 12.9. The Balaban J connectivity index is 2.15. The molecule has 1 aliphatic heterocycles. The van der Waals surface area contributed by atoms with E-state index in [1.807, 2.05) is 0 Å². The molecule has 0 aliphatic carbocycles. The van der Waals surface area contributed by atoms with Crippen molar-refractivity contribution in [3.05, 3.63) is 0 Å². The van der Waals surface area contributed by atoms with Crippen LogP contribution in [0.15, 0.2) is 0 Å². The van der Waals surface area contributed by atoms with E-state index in [1.54, 1.807) is 0 Å². The van der Waals surface area contributed by atoms with Crippen LogP contribution in [0.2, 0.25) is 0 Å². The zero-order valence-electron chi connectivity index (χ0n) is 27.6. The third-order valence-corrected chi connectivity index (χ3v) is 8.92. The highest BCUT2D eigenvalue weighted by atomic mass is 16.4. The molecule has 2 atom stereocenters. The van der Waals surface area contributed by atoms with Gasteiger partial charge in [-0.15, -0.1) is 0 Å². The SMILES string of the molecule is CCCCCCCCCCCCCCNC(=O)[C@@H]1CN(C(=O)O)C[C@H]1C(=O)NCCCCCCCCCCCCCC. The molecule has 0 aromatic heterocycles. The van der Waals surface area contributed by atoms with Crippen LogP contribution in [0.3, 0.4) is 0 Å². The minimum atomic E-state index is -1.06. The molecule has 1 fully saturated rings. The van der Waals surface area contributed by atoms with Gasteiger partial charge >= 0.3 is 6.09 Å². The summed E-state index contributed by atoms with van der Waals surface area (Å²) in [5.74, 6) is -1.60. The van der Waals surface area contributed by atoms with Crippen LogP contribution in [0.4, 0.5) is 4.79 Å². The van der Waals surface area contributed by atoms with Crippen LogP contribution >= 0.6 is 0 Å². The Labute approximate surface area is 258 Å². The van der Waals surface area contributed by atoms with Crippen molar-refractivity contribution in [2.45, 2.75) is 168 Å². The van der Waals surface area contributed by atoms with Crippen LogP contribution < -0.4 is 10.6 Å². The number of rotatable bonds is 28. The Morgan fingerprint density at radius 2 is 0.762 bits per heavy atom. The van der Waals surface area contributed by atoms with Gasteiger partial charge in [-0.25, -0.2) is 4.79 Å². The van der Waals surface area contributed by atoms with Crippen molar-refractivity contribution in [3.8, 4) is 0 Å². The average molecular weight is 594 g/mol. The van der Waals surface area contributed by atoms with Gasteiger partial charge in [0.05, 0.1) is 11.8 Å². The highest BCUT2D eigenvalue weighted by molar-refractivity contribution is 5.89. The molecule has 0 bridgehead atoms. The second kappa shape index (κ2) is 26.8. The summed E-state index contributed by atoms with van der Waals surface area (Å²) in [6.07, 6.45) is 29.4. The van der Waals surface area contributed by atoms with E-state index in [9.17, 15) is 19.5 Å². The largest absolute Gasteiger partial charge is 0.465 e. The predicted molar refractivity (Wildman–Crippen MR) is 175 cm³/mol. The fraction of sp³-hybridized carbons (Fsp3) is 0.914. The molecule has 1 heterocycles. The van der Waals surface area contributed by atoms with E-state index in [4.69, 9.17) is 0 Å². The summed E-state index contributed by atoms with van der Waals surface area (Å²) in [6.45, 7) is 5.88. The summed E-state index contributed by atoms with van der Waals surface area (Å²) in [5, 5.41) is 15.4. The Kier molecular flexibility index (Phi) is 24.4. The average Bonchev–Trinajstić information content (AvgIpc) is 3.44. The Morgan fingerprint density at radius 1 is 0.500 bits per heavy atom. The van der Waals surface area contributed by atoms with E-state index in [-0.39, 0.29) is 24.9 Å². The molecule has 3 N–H and O–H groups in total. The topological polar surface area (TPSA) is 98.7 Å². The van der Waals surface area contributed by atoms with Crippen molar-refractivity contribution < 1.29 is 19.5 Å². The van der Waals surface area contributed by atoms with Gasteiger partial charge in [0.1, 0.15) is 0 Å². The van der Waals surface area contributed by atoms with Gasteiger partial charge in [-0.1, -0.05) is 155 Å². The van der Waals surface area contributed by atoms with Gasteiger partial charge in [0, 0.05) is 26.2 Å². The molecule has 1 aliphatic rings. The van der Waals surface area contributed by atoms with E-state index in [0.717, 1.165) is 25.7 Å². The molecule has 7 heteroatoms. The maximum Gasteiger partial charge on any atom is 0.407 e. The number of likely N-dealkylation sites (tertiary alicyclic amines) is 1. The number of unbranched alkanes of at least 4 members (excludes halogenated alkanes) is 22. The van der Waals surface area contributed by atoms with Crippen molar-refractivity contribution >= 4 is 17.9 Å². The first kappa shape index (κ1) is 38.2. The Hall–Kier alpha value is -1.79. The molecule has 0 spiro atoms. The molecule has 0 aromatic rings. The van der Waals surface area contributed by atoms with Crippen LogP contribution in [0.1, 0.15) is 168 Å². The lowest BCUT2D eigenvalue weighted by molar-refractivity contribution is -0.132. The first-order valence-electron chi connectivity index (χ1n) is 18.0. The van der Waals surface area contributed by atoms with Crippen LogP contribution in [0.25, 0.3) is 0 Å². The first-order valence-corrected chi connectivity index (χ1v) is 18.0. The molecular formula is C35H67N3O4. The summed E-state index contributed by atoms with van der Waals surface area (Å²) < 4.78 is 0. The summed E-state index contributed by atoms with van der Waals surface area (Å²) in [6, 6.07) is 0. The van der Waals surface area contributed by atoms with Crippen molar-refractivity contribution in [2.75, 3.05) is 26.2 Å². The van der Waals surface area contributed by atoms with Gasteiger partial charge in [0.15, 0.2) is 0 Å². The molecule has 1 rings (SSSR count). The van der Waals surface area contributed by atoms with Crippen molar-refractivity contribution in [3.63, 3.8) is 0 Å². The number of nitrogens with one attached hydrogen (secondary N) is 2. The van der Waals surface area contributed by atoms with Crippen LogP contribution in [0, 0.1) is 11.8 Å². The standard InChI is InChI=1S/C35H67N3O4/c1-3-5-7-9-11-13-15-17-19-21-23-25-27-36-33(39)31-29-38(35(41)42)30-32(31)34(40)37-28-26-24-22-20-18-16-14-12-10-8-6-4-2/h31-32H,3-30H2,1-2H3,(H,36,39)(H,37,40)(H,41,42)/t31-,32-/m1/s1. The van der Waals surface area contributed by atoms with Crippen molar-refractivity contribution in [1.82, 2.24) is 15.5 Å². The zero-order valence-corrected chi connectivity index (χ0v) is 27.6. The summed E-state index contributed by atoms with van der Waals surface area (Å²) in [7, 11) is 0. The Bertz CT molecular complexity index is 637. The van der Waals surface area contributed by atoms with Crippen LogP contribution in [-0.2, 0) is 9.59 Å². The van der Waals surface area contributed by atoms with E-state index in [2.05, 4.69) is 24.5 Å². The smallest absolute Gasteiger partial charge is 0.407 e. The highest BCUT2D eigenvalue weighted by Gasteiger charge is 2.43. The number of carbonyl (C=O) groups excluding carboxylic acids is 2. The molecule has 0 radical (unpaired) electrons. The molecule has 0 unspecified atom stereocenters. The van der Waals surface area contributed by atoms with E-state index >= 15 is 0 Å². The lowest BCUT2D eigenvalue weighted by Crippen LogP contribution is -2.42. The van der Waals surface area contributed by atoms with Gasteiger partial charge in [0.2, 0.25) is 11.8 Å². The lowest BCUT2D eigenvalue weighted by Gasteiger charge is -2.17. The zero-order chi connectivity index (χ0) is 30.7. The predicted octanol–water partition coefficient (Wildman–Crippen LogP) is 8.85. The minimum Gasteiger partial charge on any atom is -0.465 e. The normalized spacial score (nSPS) is 16.6. The second-order valence-electron chi connectivity index (χ2n) is 12.8. The minimum absolute atomic E-state index is 0.0936. The first-order chi connectivity index (χ1) is 20.5. The molecule has 42 heavy (non-hydrogen) atoms. The number of nitrogens with zero attached hydrogens (tertiary/aromatic N) is 1. The highest BCUT2D eigenvalue weighted by Crippen LogP contribution is 2.24. The van der Waals surface area contributed by atoms with Gasteiger partial charge < -0.3 is 20.6 Å². The molecular weight excluding hydrogens is 526 g/mol. The van der Waals surface area contributed by atoms with Crippen molar-refractivity contribution in [2.24, 2.45) is 11.8 Å². The van der Waals surface area contributed by atoms with Crippen LogP contribution in [-0.4, -0.2) is 54.1 Å². The van der Waals surface area contributed by atoms with Gasteiger partial charge in [-0.2, -0.15) is 0 Å². The van der Waals surface area contributed by atoms with Crippen LogP contribution in [0.5, 0.6) is 0 Å². The maximum atomic E-state index is 12.9. The quantitative estimate of drug-likeness (QED) is 0.0789. The van der Waals surface area contributed by atoms with Gasteiger partial charge in [-0.3, -0.25) is 9.59 Å². The molecule has 3 amide bonds. The monoisotopic (exact) mass is 594 g/mol. The fourth-order valence-corrected chi connectivity index (χ4v) is 6.11. The lowest BCUT2D eigenvalue weighted by atomic mass is 9.94. The Morgan fingerprint density at radius 3 is 1.02 bits per heavy atom. The number of hydrogen-bond donors (Lipinski definition) is 3. The van der Waals surface area contributed by atoms with E-state index in [0.29, 0.717) is 13.1 Å². The molecule has 0 aromatic carbocycles. The second-order valence-corrected chi connectivity index (χ2v) is 12.8. The molecule has 246 valence electrons. The fourth-order valence-electron chi connectivity index (χ4n) is 6.11. The third kappa shape index (κ3) is 19.4. The van der Waals surface area contributed by atoms with E-state index < -0.39 is 17.9 Å². The summed E-state index contributed by atoms with van der Waals surface area (Å²) >= 11 is 0. The summed E-state index contributed by atoms with van der Waals surface area (Å²) in [5.41, 5.74) is 0. The number of amides is 3. The van der Waals surface area contributed by atoms with Gasteiger partial charge in [0.25, 0.3) is 0 Å². The third-order valence-electron chi connectivity index (χ3n) is 8.92. The molecule has 7 nitrogen and oxygen atoms in total. The van der Waals surface area contributed by atoms with E-state index in [1.165, 1.54) is 133 Å². The molecule has 1 saturated heterocycles. The van der Waals surface area contributed by atoms with Crippen molar-refractivity contribution in [1.29, 1.82) is 0 Å². The number of carboxylic acid groups (broad SMARTS) is 1. The summed E-state index contributed by atoms with van der Waals surface area (Å²) in [4.78, 5) is 38.6. The molecule has 0 saturated carbocycles. The van der Waals surface area contributed by atoms with Gasteiger partial charge in [-0.05, 0) is 12.8 Å². The number of carbonyl (C=O) groups is 3. The number of hydrogen-bond acceptors (Lipinski definition) is 3.